The van der Waals surface area contributed by atoms with Gasteiger partial charge in [-0.05, 0) is 42.3 Å². The summed E-state index contributed by atoms with van der Waals surface area (Å²) in [6.07, 6.45) is 0.967. The Hall–Kier alpha value is -3.04. The number of carbonyl (C=O) groups excluding carboxylic acids is 1. The second-order valence-electron chi connectivity index (χ2n) is 7.36. The number of non-ortho nitro benzene ring substituents is 1. The van der Waals surface area contributed by atoms with Crippen LogP contribution >= 0.6 is 12.2 Å². The molecule has 2 N–H and O–H groups in total. The van der Waals surface area contributed by atoms with E-state index in [1.807, 2.05) is 29.2 Å². The minimum Gasteiger partial charge on any atom is -0.378 e. The maximum absolute atomic E-state index is 13.0. The molecule has 1 atom stereocenters. The van der Waals surface area contributed by atoms with Gasteiger partial charge in [-0.2, -0.15) is 0 Å². The SMILES string of the molecule is CCC(C)c1ccccc1NC(=S)NC(=O)c1cc([N+](=O)[O-])ccc1N1CCOCC1. The Morgan fingerprint density at radius 2 is 1.97 bits per heavy atom. The number of carbonyl (C=O) groups is 1. The van der Waals surface area contributed by atoms with Gasteiger partial charge in [-0.3, -0.25) is 20.2 Å². The Morgan fingerprint density at radius 1 is 1.26 bits per heavy atom. The Morgan fingerprint density at radius 3 is 2.65 bits per heavy atom. The van der Waals surface area contributed by atoms with Gasteiger partial charge in [0.05, 0.1) is 29.4 Å². The lowest BCUT2D eigenvalue weighted by molar-refractivity contribution is -0.384. The van der Waals surface area contributed by atoms with Crippen molar-refractivity contribution in [3.05, 3.63) is 63.7 Å². The van der Waals surface area contributed by atoms with Gasteiger partial charge in [0.2, 0.25) is 0 Å². The van der Waals surface area contributed by atoms with E-state index in [1.54, 1.807) is 6.07 Å². The molecule has 0 saturated carbocycles. The first-order valence-electron chi connectivity index (χ1n) is 10.2. The maximum atomic E-state index is 13.0. The molecule has 164 valence electrons. The van der Waals surface area contributed by atoms with E-state index in [1.165, 1.54) is 12.1 Å². The van der Waals surface area contributed by atoms with Crippen molar-refractivity contribution in [2.75, 3.05) is 36.5 Å². The molecule has 0 aromatic heterocycles. The van der Waals surface area contributed by atoms with E-state index in [4.69, 9.17) is 17.0 Å². The molecular formula is C22H26N4O4S. The first kappa shape index (κ1) is 22.6. The van der Waals surface area contributed by atoms with Crippen LogP contribution in [0.15, 0.2) is 42.5 Å². The number of amides is 1. The third kappa shape index (κ3) is 5.56. The summed E-state index contributed by atoms with van der Waals surface area (Å²) in [6, 6.07) is 12.1. The molecule has 2 aromatic rings. The number of nitrogens with zero attached hydrogens (tertiary/aromatic N) is 2. The molecular weight excluding hydrogens is 416 g/mol. The highest BCUT2D eigenvalue weighted by molar-refractivity contribution is 7.80. The summed E-state index contributed by atoms with van der Waals surface area (Å²) in [5.41, 5.74) is 2.60. The number of thiocarbonyl (C=S) groups is 1. The minimum atomic E-state index is -0.515. The molecule has 0 radical (unpaired) electrons. The number of hydrogen-bond acceptors (Lipinski definition) is 6. The lowest BCUT2D eigenvalue weighted by Crippen LogP contribution is -2.39. The first-order valence-corrected chi connectivity index (χ1v) is 10.6. The zero-order valence-corrected chi connectivity index (χ0v) is 18.4. The number of para-hydroxylation sites is 1. The highest BCUT2D eigenvalue weighted by Crippen LogP contribution is 2.28. The Balaban J connectivity index is 1.81. The van der Waals surface area contributed by atoms with Crippen molar-refractivity contribution in [2.45, 2.75) is 26.2 Å². The van der Waals surface area contributed by atoms with Crippen LogP contribution in [0.4, 0.5) is 17.1 Å². The topological polar surface area (TPSA) is 96.7 Å². The highest BCUT2D eigenvalue weighted by atomic mass is 32.1. The van der Waals surface area contributed by atoms with Gasteiger partial charge in [-0.25, -0.2) is 0 Å². The third-order valence-corrected chi connectivity index (χ3v) is 5.57. The smallest absolute Gasteiger partial charge is 0.270 e. The van der Waals surface area contributed by atoms with Gasteiger partial charge < -0.3 is 15.0 Å². The third-order valence-electron chi connectivity index (χ3n) is 5.37. The molecule has 2 aromatic carbocycles. The van der Waals surface area contributed by atoms with Gasteiger partial charge in [0.15, 0.2) is 5.11 Å². The number of morpholine rings is 1. The number of hydrogen-bond donors (Lipinski definition) is 2. The zero-order chi connectivity index (χ0) is 22.4. The molecule has 9 heteroatoms. The van der Waals surface area contributed by atoms with Crippen LogP contribution in [0.3, 0.4) is 0 Å². The van der Waals surface area contributed by atoms with Gasteiger partial charge in [0.1, 0.15) is 0 Å². The Bertz CT molecular complexity index is 976. The number of anilines is 2. The van der Waals surface area contributed by atoms with Crippen molar-refractivity contribution < 1.29 is 14.5 Å². The van der Waals surface area contributed by atoms with Crippen LogP contribution in [0.1, 0.15) is 42.1 Å². The van der Waals surface area contributed by atoms with Crippen LogP contribution < -0.4 is 15.5 Å². The van der Waals surface area contributed by atoms with E-state index in [0.29, 0.717) is 37.9 Å². The van der Waals surface area contributed by atoms with Crippen molar-refractivity contribution in [2.24, 2.45) is 0 Å². The maximum Gasteiger partial charge on any atom is 0.270 e. The van der Waals surface area contributed by atoms with Crippen LogP contribution in [-0.2, 0) is 4.74 Å². The molecule has 0 aliphatic carbocycles. The molecule has 0 bridgehead atoms. The van der Waals surface area contributed by atoms with Gasteiger partial charge in [-0.1, -0.05) is 32.0 Å². The number of nitro groups is 1. The van der Waals surface area contributed by atoms with Crippen LogP contribution in [-0.4, -0.2) is 42.2 Å². The largest absolute Gasteiger partial charge is 0.378 e. The monoisotopic (exact) mass is 442 g/mol. The summed E-state index contributed by atoms with van der Waals surface area (Å²) in [4.78, 5) is 25.8. The number of rotatable bonds is 6. The molecule has 1 amide bonds. The summed E-state index contributed by atoms with van der Waals surface area (Å²) in [5.74, 6) is -0.171. The minimum absolute atomic E-state index is 0.139. The van der Waals surface area contributed by atoms with Gasteiger partial charge in [0, 0.05) is 30.9 Å². The summed E-state index contributed by atoms with van der Waals surface area (Å²) in [7, 11) is 0. The van der Waals surface area contributed by atoms with E-state index in [2.05, 4.69) is 24.5 Å². The molecule has 0 spiro atoms. The van der Waals surface area contributed by atoms with Crippen LogP contribution in [0.2, 0.25) is 0 Å². The average Bonchev–Trinajstić information content (AvgIpc) is 2.79. The van der Waals surface area contributed by atoms with Crippen LogP contribution in [0.5, 0.6) is 0 Å². The predicted molar refractivity (Wildman–Crippen MR) is 125 cm³/mol. The van der Waals surface area contributed by atoms with Crippen LogP contribution in [0, 0.1) is 10.1 Å². The van der Waals surface area contributed by atoms with E-state index >= 15 is 0 Å². The number of ether oxygens (including phenoxy) is 1. The van der Waals surface area contributed by atoms with Crippen molar-refractivity contribution >= 4 is 40.3 Å². The van der Waals surface area contributed by atoms with Gasteiger partial charge in [-0.15, -0.1) is 0 Å². The van der Waals surface area contributed by atoms with E-state index < -0.39 is 10.8 Å². The quantitative estimate of drug-likeness (QED) is 0.395. The van der Waals surface area contributed by atoms with Crippen molar-refractivity contribution in [3.63, 3.8) is 0 Å². The second kappa shape index (κ2) is 10.3. The summed E-state index contributed by atoms with van der Waals surface area (Å²) < 4.78 is 5.37. The molecule has 1 fully saturated rings. The molecule has 1 unspecified atom stereocenters. The molecule has 31 heavy (non-hydrogen) atoms. The van der Waals surface area contributed by atoms with Gasteiger partial charge in [0.25, 0.3) is 11.6 Å². The predicted octanol–water partition coefficient (Wildman–Crippen LogP) is 4.07. The lowest BCUT2D eigenvalue weighted by Gasteiger charge is -2.30. The van der Waals surface area contributed by atoms with E-state index in [-0.39, 0.29) is 16.4 Å². The molecule has 1 aliphatic heterocycles. The molecule has 8 nitrogen and oxygen atoms in total. The fourth-order valence-electron chi connectivity index (χ4n) is 3.48. The standard InChI is InChI=1S/C22H26N4O4S/c1-3-15(2)17-6-4-5-7-19(17)23-22(31)24-21(27)18-14-16(26(28)29)8-9-20(18)25-10-12-30-13-11-25/h4-9,14-15H,3,10-13H2,1-2H3,(H2,23,24,27,31). The summed E-state index contributed by atoms with van der Waals surface area (Å²) >= 11 is 5.37. The van der Waals surface area contributed by atoms with Crippen molar-refractivity contribution in [1.82, 2.24) is 5.32 Å². The number of benzene rings is 2. The highest BCUT2D eigenvalue weighted by Gasteiger charge is 2.23. The fraction of sp³-hybridized carbons (Fsp3) is 0.364. The lowest BCUT2D eigenvalue weighted by atomic mass is 9.97. The Kier molecular flexibility index (Phi) is 7.54. The van der Waals surface area contributed by atoms with Crippen LogP contribution in [0.25, 0.3) is 0 Å². The van der Waals surface area contributed by atoms with Gasteiger partial charge >= 0.3 is 0 Å². The molecule has 1 aliphatic rings. The van der Waals surface area contributed by atoms with E-state index in [9.17, 15) is 14.9 Å². The Labute approximate surface area is 186 Å². The summed E-state index contributed by atoms with van der Waals surface area (Å²) in [5, 5.41) is 17.2. The van der Waals surface area contributed by atoms with Crippen molar-refractivity contribution in [1.29, 1.82) is 0 Å². The fourth-order valence-corrected chi connectivity index (χ4v) is 3.69. The van der Waals surface area contributed by atoms with E-state index in [0.717, 1.165) is 17.7 Å². The van der Waals surface area contributed by atoms with Crippen molar-refractivity contribution in [3.8, 4) is 0 Å². The second-order valence-corrected chi connectivity index (χ2v) is 7.77. The normalized spacial score (nSPS) is 14.6. The zero-order valence-electron chi connectivity index (χ0n) is 17.6. The average molecular weight is 443 g/mol. The molecule has 3 rings (SSSR count). The summed E-state index contributed by atoms with van der Waals surface area (Å²) in [6.45, 7) is 6.50. The molecule has 1 heterocycles. The molecule has 1 saturated heterocycles. The number of nitro benzene ring substituents is 1. The number of nitrogens with one attached hydrogen (secondary N) is 2. The first-order chi connectivity index (χ1) is 14.9.